The van der Waals surface area contributed by atoms with Gasteiger partial charge in [0.2, 0.25) is 0 Å². The average molecular weight is 1140 g/mol. The number of carbonyl (C=O) groups excluding carboxylic acids is 3. The molecule has 0 fully saturated rings. The molecule has 0 aromatic heterocycles. The van der Waals surface area contributed by atoms with E-state index in [2.05, 4.69) is 197 Å². The molecule has 0 heterocycles. The van der Waals surface area contributed by atoms with Crippen molar-refractivity contribution < 1.29 is 28.6 Å². The Morgan fingerprint density at radius 3 is 0.747 bits per heavy atom. The second-order valence-electron chi connectivity index (χ2n) is 21.2. The van der Waals surface area contributed by atoms with Crippen LogP contribution in [0.5, 0.6) is 0 Å². The minimum absolute atomic E-state index is 0.116. The third-order valence-electron chi connectivity index (χ3n) is 13.4. The normalized spacial score (nSPS) is 13.3. The molecule has 1 atom stereocenters. The van der Waals surface area contributed by atoms with Crippen molar-refractivity contribution in [2.24, 2.45) is 0 Å². The Morgan fingerprint density at radius 2 is 0.458 bits per heavy atom. The molecule has 6 heteroatoms. The maximum Gasteiger partial charge on any atom is 0.306 e. The quantitative estimate of drug-likeness (QED) is 0.0261. The lowest BCUT2D eigenvalue weighted by Gasteiger charge is -2.18. The topological polar surface area (TPSA) is 78.9 Å². The van der Waals surface area contributed by atoms with Crippen LogP contribution in [0.15, 0.2) is 182 Å². The number of carbonyl (C=O) groups is 3. The van der Waals surface area contributed by atoms with Crippen molar-refractivity contribution in [2.45, 2.75) is 271 Å². The highest BCUT2D eigenvalue weighted by Crippen LogP contribution is 2.15. The van der Waals surface area contributed by atoms with E-state index in [0.717, 1.165) is 148 Å². The first-order valence-corrected chi connectivity index (χ1v) is 33.3. The summed E-state index contributed by atoms with van der Waals surface area (Å²) >= 11 is 0. The molecule has 0 radical (unpaired) electrons. The summed E-state index contributed by atoms with van der Waals surface area (Å²) in [5.74, 6) is -1.02. The minimum atomic E-state index is -0.826. The van der Waals surface area contributed by atoms with Gasteiger partial charge in [-0.25, -0.2) is 0 Å². The highest BCUT2D eigenvalue weighted by atomic mass is 16.6. The molecule has 0 aliphatic rings. The molecular formula is C77H120O6. The lowest BCUT2D eigenvalue weighted by atomic mass is 10.0. The van der Waals surface area contributed by atoms with Crippen LogP contribution in [-0.4, -0.2) is 37.2 Å². The van der Waals surface area contributed by atoms with Gasteiger partial charge in [0.05, 0.1) is 0 Å². The fraction of sp³-hybridized carbons (Fsp3) is 0.571. The number of hydrogen-bond donors (Lipinski definition) is 0. The molecule has 0 spiro atoms. The van der Waals surface area contributed by atoms with Crippen LogP contribution in [0, 0.1) is 0 Å². The van der Waals surface area contributed by atoms with Crippen LogP contribution in [0.3, 0.4) is 0 Å². The van der Waals surface area contributed by atoms with E-state index in [1.807, 2.05) is 6.08 Å². The summed E-state index contributed by atoms with van der Waals surface area (Å²) in [6.07, 6.45) is 103. The highest BCUT2D eigenvalue weighted by molar-refractivity contribution is 5.71. The van der Waals surface area contributed by atoms with Gasteiger partial charge >= 0.3 is 17.9 Å². The van der Waals surface area contributed by atoms with E-state index in [0.29, 0.717) is 19.3 Å². The largest absolute Gasteiger partial charge is 0.462 e. The van der Waals surface area contributed by atoms with Crippen molar-refractivity contribution in [1.29, 1.82) is 0 Å². The van der Waals surface area contributed by atoms with E-state index in [4.69, 9.17) is 14.2 Å². The first-order chi connectivity index (χ1) is 41.0. The van der Waals surface area contributed by atoms with Gasteiger partial charge in [-0.3, -0.25) is 14.4 Å². The number of esters is 3. The molecule has 6 nitrogen and oxygen atoms in total. The summed E-state index contributed by atoms with van der Waals surface area (Å²) in [6.45, 7) is 6.22. The fourth-order valence-corrected chi connectivity index (χ4v) is 8.55. The van der Waals surface area contributed by atoms with Crippen molar-refractivity contribution in [3.63, 3.8) is 0 Å². The van der Waals surface area contributed by atoms with Crippen LogP contribution < -0.4 is 0 Å². The smallest absolute Gasteiger partial charge is 0.306 e. The van der Waals surface area contributed by atoms with Crippen LogP contribution in [-0.2, 0) is 28.6 Å². The Labute approximate surface area is 510 Å². The van der Waals surface area contributed by atoms with Crippen molar-refractivity contribution >= 4 is 17.9 Å². The molecule has 0 N–H and O–H groups in total. The molecule has 0 aliphatic heterocycles. The van der Waals surface area contributed by atoms with Gasteiger partial charge in [-0.1, -0.05) is 287 Å². The fourth-order valence-electron chi connectivity index (χ4n) is 8.55. The van der Waals surface area contributed by atoms with Crippen molar-refractivity contribution in [3.05, 3.63) is 182 Å². The Balaban J connectivity index is 4.41. The molecular weight excluding hydrogens is 1020 g/mol. The summed E-state index contributed by atoms with van der Waals surface area (Å²) < 4.78 is 16.9. The van der Waals surface area contributed by atoms with Gasteiger partial charge in [0, 0.05) is 19.3 Å². The van der Waals surface area contributed by atoms with E-state index in [1.165, 1.54) is 70.6 Å². The molecule has 1 unspecified atom stereocenters. The van der Waals surface area contributed by atoms with Crippen molar-refractivity contribution in [2.75, 3.05) is 13.2 Å². The van der Waals surface area contributed by atoms with Crippen molar-refractivity contribution in [3.8, 4) is 0 Å². The van der Waals surface area contributed by atoms with Crippen LogP contribution in [0.4, 0.5) is 0 Å². The van der Waals surface area contributed by atoms with Crippen molar-refractivity contribution in [1.82, 2.24) is 0 Å². The van der Waals surface area contributed by atoms with Gasteiger partial charge in [0.25, 0.3) is 0 Å². The summed E-state index contributed by atoms with van der Waals surface area (Å²) in [7, 11) is 0. The Hall–Kier alpha value is -5.49. The number of rotatable bonds is 58. The first-order valence-electron chi connectivity index (χ1n) is 33.3. The van der Waals surface area contributed by atoms with E-state index < -0.39 is 6.10 Å². The molecule has 0 amide bonds. The number of unbranched alkanes of at least 4 members (excludes halogenated alkanes) is 17. The maximum absolute atomic E-state index is 12.9. The van der Waals surface area contributed by atoms with E-state index in [1.54, 1.807) is 0 Å². The predicted octanol–water partition coefficient (Wildman–Crippen LogP) is 23.2. The zero-order chi connectivity index (χ0) is 59.9. The van der Waals surface area contributed by atoms with Gasteiger partial charge in [0.15, 0.2) is 6.10 Å². The SMILES string of the molecule is CC/C=C\C/C=C\C/C=C\C/C=C\C/C=C\C/C=C\C/C=C\CCCCCCCCCC(=O)OCC(COC(=O)CC/C=C\C/C=C\C/C=C\C/C=C\CC)OC(=O)CCCCCCCCCCCC/C=C\C/C=C\C/C=C\C/C=C\CC. The highest BCUT2D eigenvalue weighted by Gasteiger charge is 2.19. The second-order valence-corrected chi connectivity index (χ2v) is 21.2. The van der Waals surface area contributed by atoms with Gasteiger partial charge in [-0.2, -0.15) is 0 Å². The molecule has 464 valence electrons. The third-order valence-corrected chi connectivity index (χ3v) is 13.4. The summed E-state index contributed by atoms with van der Waals surface area (Å²) in [5.41, 5.74) is 0. The maximum atomic E-state index is 12.9. The Bertz CT molecular complexity index is 1940. The number of ether oxygens (including phenoxy) is 3. The molecule has 0 aromatic rings. The molecule has 0 rings (SSSR count). The van der Waals surface area contributed by atoms with Crippen LogP contribution in [0.2, 0.25) is 0 Å². The van der Waals surface area contributed by atoms with Crippen LogP contribution in [0.25, 0.3) is 0 Å². The van der Waals surface area contributed by atoms with E-state index >= 15 is 0 Å². The zero-order valence-electron chi connectivity index (χ0n) is 53.1. The molecule has 0 saturated carbocycles. The molecule has 0 bridgehead atoms. The standard InChI is InChI=1S/C77H120O6/c1-4-7-10-13-16-19-22-25-27-29-31-33-35-36-37-38-39-40-42-43-45-47-49-52-55-58-61-64-67-70-76(79)82-73-74(72-81-75(78)69-66-63-60-57-54-51-24-21-18-15-12-9-6-3)83-77(80)71-68-65-62-59-56-53-50-48-46-44-41-34-32-30-28-26-23-20-17-14-11-8-5-2/h7-12,16-21,25-28,31-34,36-37,39-40,43,45,51,54,60,63,74H,4-6,13-15,22-24,29-30,35,38,41-42,44,46-50,52-53,55-59,61-62,64-73H2,1-3H3/b10-7-,11-8-,12-9-,19-16-,20-17-,21-18-,27-25-,28-26-,33-31-,34-32-,37-36-,40-39-,45-43-,54-51-,63-60-. The second kappa shape index (κ2) is 69.0. The third kappa shape index (κ3) is 67.2. The molecule has 0 saturated heterocycles. The van der Waals surface area contributed by atoms with E-state index in [9.17, 15) is 14.4 Å². The molecule has 0 aromatic carbocycles. The average Bonchev–Trinajstić information content (AvgIpc) is 3.49. The minimum Gasteiger partial charge on any atom is -0.462 e. The molecule has 83 heavy (non-hydrogen) atoms. The lowest BCUT2D eigenvalue weighted by Crippen LogP contribution is -2.30. The molecule has 0 aliphatic carbocycles. The number of allylic oxidation sites excluding steroid dienone is 30. The Kier molecular flexibility index (Phi) is 64.4. The Morgan fingerprint density at radius 1 is 0.241 bits per heavy atom. The van der Waals surface area contributed by atoms with Crippen LogP contribution >= 0.6 is 0 Å². The van der Waals surface area contributed by atoms with E-state index in [-0.39, 0.29) is 37.5 Å². The van der Waals surface area contributed by atoms with Gasteiger partial charge in [-0.15, -0.1) is 0 Å². The lowest BCUT2D eigenvalue weighted by molar-refractivity contribution is -0.166. The number of hydrogen-bond acceptors (Lipinski definition) is 6. The zero-order valence-corrected chi connectivity index (χ0v) is 53.1. The van der Waals surface area contributed by atoms with Gasteiger partial charge in [0.1, 0.15) is 13.2 Å². The summed E-state index contributed by atoms with van der Waals surface area (Å²) in [5, 5.41) is 0. The summed E-state index contributed by atoms with van der Waals surface area (Å²) in [4.78, 5) is 38.3. The predicted molar refractivity (Wildman–Crippen MR) is 361 cm³/mol. The van der Waals surface area contributed by atoms with Gasteiger partial charge in [-0.05, 0) is 141 Å². The summed E-state index contributed by atoms with van der Waals surface area (Å²) in [6, 6.07) is 0. The van der Waals surface area contributed by atoms with Gasteiger partial charge < -0.3 is 14.2 Å². The monoisotopic (exact) mass is 1140 g/mol. The first kappa shape index (κ1) is 77.5. The van der Waals surface area contributed by atoms with Crippen LogP contribution in [0.1, 0.15) is 265 Å².